The van der Waals surface area contributed by atoms with Crippen LogP contribution in [-0.4, -0.2) is 46.7 Å². The van der Waals surface area contributed by atoms with Gasteiger partial charge < -0.3 is 5.11 Å². The molecule has 1 saturated heterocycles. The average molecular weight is 349 g/mol. The minimum atomic E-state index is -3.73. The fourth-order valence-corrected chi connectivity index (χ4v) is 4.69. The predicted octanol–water partition coefficient (Wildman–Crippen LogP) is 1.75. The SMILES string of the molecule is O=C(O)CC1CCCN(S(=O)(=O)c2ccnn2-c2ccccc2)C1. The van der Waals surface area contributed by atoms with Crippen LogP contribution in [0.15, 0.2) is 47.6 Å². The lowest BCUT2D eigenvalue weighted by Crippen LogP contribution is -2.41. The molecule has 1 fully saturated rings. The van der Waals surface area contributed by atoms with Crippen molar-refractivity contribution >= 4 is 16.0 Å². The van der Waals surface area contributed by atoms with Crippen LogP contribution in [-0.2, 0) is 14.8 Å². The monoisotopic (exact) mass is 349 g/mol. The molecule has 0 aliphatic carbocycles. The molecule has 0 saturated carbocycles. The first-order valence-electron chi connectivity index (χ1n) is 7.80. The van der Waals surface area contributed by atoms with Gasteiger partial charge in [0.1, 0.15) is 0 Å². The van der Waals surface area contributed by atoms with E-state index in [9.17, 15) is 13.2 Å². The Labute approximate surface area is 140 Å². The van der Waals surface area contributed by atoms with Crippen LogP contribution >= 0.6 is 0 Å². The summed E-state index contributed by atoms with van der Waals surface area (Å²) in [7, 11) is -3.73. The molecule has 1 atom stereocenters. The summed E-state index contributed by atoms with van der Waals surface area (Å²) in [5.41, 5.74) is 0.667. The number of piperidine rings is 1. The molecule has 7 nitrogen and oxygen atoms in total. The minimum absolute atomic E-state index is 0.00995. The van der Waals surface area contributed by atoms with Gasteiger partial charge in [-0.05, 0) is 37.0 Å². The average Bonchev–Trinajstić information content (AvgIpc) is 3.06. The van der Waals surface area contributed by atoms with Gasteiger partial charge in [0.2, 0.25) is 0 Å². The first kappa shape index (κ1) is 16.7. The van der Waals surface area contributed by atoms with E-state index in [1.807, 2.05) is 18.2 Å². The number of carboxylic acids is 1. The number of sulfonamides is 1. The summed E-state index contributed by atoms with van der Waals surface area (Å²) in [6.07, 6.45) is 2.84. The molecular weight excluding hydrogens is 330 g/mol. The van der Waals surface area contributed by atoms with Gasteiger partial charge in [-0.3, -0.25) is 4.79 Å². The molecule has 0 spiro atoms. The van der Waals surface area contributed by atoms with Gasteiger partial charge in [-0.2, -0.15) is 9.40 Å². The smallest absolute Gasteiger partial charge is 0.303 e. The largest absolute Gasteiger partial charge is 0.481 e. The maximum absolute atomic E-state index is 13.0. The molecule has 1 N–H and O–H groups in total. The zero-order valence-electron chi connectivity index (χ0n) is 13.1. The maximum Gasteiger partial charge on any atom is 0.303 e. The molecule has 8 heteroatoms. The van der Waals surface area contributed by atoms with Gasteiger partial charge in [0.05, 0.1) is 11.9 Å². The molecule has 2 aromatic rings. The summed E-state index contributed by atoms with van der Waals surface area (Å²) in [4.78, 5) is 10.9. The summed E-state index contributed by atoms with van der Waals surface area (Å²) >= 11 is 0. The second kappa shape index (κ2) is 6.74. The molecule has 2 heterocycles. The lowest BCUT2D eigenvalue weighted by Gasteiger charge is -2.31. The van der Waals surface area contributed by atoms with E-state index in [4.69, 9.17) is 5.11 Å². The third-order valence-electron chi connectivity index (χ3n) is 4.16. The summed E-state index contributed by atoms with van der Waals surface area (Å²) in [6, 6.07) is 10.5. The molecule has 1 aliphatic rings. The highest BCUT2D eigenvalue weighted by Gasteiger charge is 2.33. The number of carboxylic acid groups (broad SMARTS) is 1. The standard InChI is InChI=1S/C16H19N3O4S/c20-16(21)11-13-5-4-10-18(12-13)24(22,23)15-8-9-17-19(15)14-6-2-1-3-7-14/h1-3,6-9,13H,4-5,10-12H2,(H,20,21). The van der Waals surface area contributed by atoms with Crippen molar-refractivity contribution in [2.24, 2.45) is 5.92 Å². The van der Waals surface area contributed by atoms with Crippen molar-refractivity contribution in [3.8, 4) is 5.69 Å². The maximum atomic E-state index is 13.0. The van der Waals surface area contributed by atoms with Crippen molar-refractivity contribution in [2.45, 2.75) is 24.3 Å². The van der Waals surface area contributed by atoms with Crippen molar-refractivity contribution in [3.63, 3.8) is 0 Å². The van der Waals surface area contributed by atoms with Crippen LogP contribution in [0.1, 0.15) is 19.3 Å². The van der Waals surface area contributed by atoms with Crippen molar-refractivity contribution < 1.29 is 18.3 Å². The number of aromatic nitrogens is 2. The fourth-order valence-electron chi connectivity index (χ4n) is 3.04. The van der Waals surface area contributed by atoms with E-state index in [1.54, 1.807) is 12.1 Å². The van der Waals surface area contributed by atoms with E-state index in [0.717, 1.165) is 6.42 Å². The first-order valence-corrected chi connectivity index (χ1v) is 9.24. The molecule has 24 heavy (non-hydrogen) atoms. The Balaban J connectivity index is 1.89. The van der Waals surface area contributed by atoms with Crippen LogP contribution in [0.25, 0.3) is 5.69 Å². The van der Waals surface area contributed by atoms with Crippen molar-refractivity contribution in [1.29, 1.82) is 0 Å². The minimum Gasteiger partial charge on any atom is -0.481 e. The predicted molar refractivity (Wildman–Crippen MR) is 87.3 cm³/mol. The third-order valence-corrected chi connectivity index (χ3v) is 6.01. The Morgan fingerprint density at radius 2 is 2.00 bits per heavy atom. The Hall–Kier alpha value is -2.19. The Kier molecular flexibility index (Phi) is 4.68. The van der Waals surface area contributed by atoms with Gasteiger partial charge in [-0.1, -0.05) is 18.2 Å². The van der Waals surface area contributed by atoms with Gasteiger partial charge in [0.25, 0.3) is 10.0 Å². The van der Waals surface area contributed by atoms with Gasteiger partial charge in [-0.15, -0.1) is 0 Å². The first-order chi connectivity index (χ1) is 11.5. The summed E-state index contributed by atoms with van der Waals surface area (Å²) < 4.78 is 28.8. The molecule has 3 rings (SSSR count). The van der Waals surface area contributed by atoms with Gasteiger partial charge in [-0.25, -0.2) is 13.1 Å². The number of hydrogen-bond donors (Lipinski definition) is 1. The quantitative estimate of drug-likeness (QED) is 0.888. The fraction of sp³-hybridized carbons (Fsp3) is 0.375. The molecule has 1 aromatic heterocycles. The van der Waals surface area contributed by atoms with Crippen LogP contribution in [0.3, 0.4) is 0 Å². The number of benzene rings is 1. The molecule has 1 aliphatic heterocycles. The molecule has 0 bridgehead atoms. The van der Waals surface area contributed by atoms with E-state index in [0.29, 0.717) is 18.7 Å². The highest BCUT2D eigenvalue weighted by molar-refractivity contribution is 7.89. The molecule has 0 radical (unpaired) electrons. The van der Waals surface area contributed by atoms with Crippen molar-refractivity contribution in [3.05, 3.63) is 42.6 Å². The number of rotatable bonds is 5. The molecule has 1 unspecified atom stereocenters. The zero-order valence-corrected chi connectivity index (χ0v) is 13.9. The van der Waals surface area contributed by atoms with E-state index in [-0.39, 0.29) is 23.9 Å². The van der Waals surface area contributed by atoms with Crippen LogP contribution in [0.4, 0.5) is 0 Å². The number of carbonyl (C=O) groups is 1. The third kappa shape index (κ3) is 3.34. The summed E-state index contributed by atoms with van der Waals surface area (Å²) in [5.74, 6) is -1.05. The lowest BCUT2D eigenvalue weighted by atomic mass is 9.96. The second-order valence-corrected chi connectivity index (χ2v) is 7.77. The van der Waals surface area contributed by atoms with Crippen LogP contribution in [0, 0.1) is 5.92 Å². The topological polar surface area (TPSA) is 92.5 Å². The summed E-state index contributed by atoms with van der Waals surface area (Å²) in [6.45, 7) is 0.632. The van der Waals surface area contributed by atoms with E-state index in [1.165, 1.54) is 21.3 Å². The Morgan fingerprint density at radius 1 is 1.25 bits per heavy atom. The Morgan fingerprint density at radius 3 is 2.71 bits per heavy atom. The molecular formula is C16H19N3O4S. The molecule has 0 amide bonds. The number of aliphatic carboxylic acids is 1. The number of nitrogens with zero attached hydrogens (tertiary/aromatic N) is 3. The van der Waals surface area contributed by atoms with E-state index < -0.39 is 16.0 Å². The highest BCUT2D eigenvalue weighted by atomic mass is 32.2. The van der Waals surface area contributed by atoms with Crippen molar-refractivity contribution in [2.75, 3.05) is 13.1 Å². The number of hydrogen-bond acceptors (Lipinski definition) is 4. The van der Waals surface area contributed by atoms with Crippen LogP contribution in [0.2, 0.25) is 0 Å². The Bertz CT molecular complexity index is 817. The molecule has 128 valence electrons. The van der Waals surface area contributed by atoms with Crippen LogP contribution < -0.4 is 0 Å². The van der Waals surface area contributed by atoms with E-state index in [2.05, 4.69) is 5.10 Å². The van der Waals surface area contributed by atoms with Crippen LogP contribution in [0.5, 0.6) is 0 Å². The molecule has 1 aromatic carbocycles. The summed E-state index contributed by atoms with van der Waals surface area (Å²) in [5, 5.41) is 13.2. The zero-order chi connectivity index (χ0) is 17.2. The van der Waals surface area contributed by atoms with Gasteiger partial charge in [0, 0.05) is 19.5 Å². The van der Waals surface area contributed by atoms with Gasteiger partial charge >= 0.3 is 5.97 Å². The normalized spacial score (nSPS) is 19.2. The van der Waals surface area contributed by atoms with Gasteiger partial charge in [0.15, 0.2) is 5.03 Å². The van der Waals surface area contributed by atoms with Crippen molar-refractivity contribution in [1.82, 2.24) is 14.1 Å². The lowest BCUT2D eigenvalue weighted by molar-refractivity contribution is -0.138. The van der Waals surface area contributed by atoms with E-state index >= 15 is 0 Å². The number of para-hydroxylation sites is 1. The highest BCUT2D eigenvalue weighted by Crippen LogP contribution is 2.26. The second-order valence-electron chi connectivity index (χ2n) is 5.89.